The van der Waals surface area contributed by atoms with E-state index in [0.717, 1.165) is 44.6 Å². The lowest BCUT2D eigenvalue weighted by Crippen LogP contribution is -2.50. The van der Waals surface area contributed by atoms with Crippen molar-refractivity contribution in [3.63, 3.8) is 0 Å². The number of aromatic nitrogens is 2. The van der Waals surface area contributed by atoms with Gasteiger partial charge in [0.05, 0.1) is 13.2 Å². The molecule has 2 saturated heterocycles. The Hall–Kier alpha value is -1.47. The van der Waals surface area contributed by atoms with Crippen LogP contribution in [0.15, 0.2) is 4.52 Å². The molecule has 0 spiro atoms. The van der Waals surface area contributed by atoms with Crippen LogP contribution in [-0.2, 0) is 22.5 Å². The molecule has 0 bridgehead atoms. The van der Waals surface area contributed by atoms with Crippen molar-refractivity contribution in [3.05, 3.63) is 11.7 Å². The van der Waals surface area contributed by atoms with E-state index in [1.807, 2.05) is 6.92 Å². The van der Waals surface area contributed by atoms with E-state index in [1.54, 1.807) is 0 Å². The van der Waals surface area contributed by atoms with Crippen LogP contribution in [0.5, 0.6) is 0 Å². The zero-order chi connectivity index (χ0) is 14.7. The number of aryl methyl sites for hydroxylation is 1. The van der Waals surface area contributed by atoms with Gasteiger partial charge in [-0.3, -0.25) is 9.69 Å². The third-order valence-electron chi connectivity index (χ3n) is 4.06. The van der Waals surface area contributed by atoms with E-state index in [9.17, 15) is 4.79 Å². The van der Waals surface area contributed by atoms with E-state index in [-0.39, 0.29) is 12.0 Å². The molecule has 2 atom stereocenters. The predicted molar refractivity (Wildman–Crippen MR) is 74.5 cm³/mol. The average Bonchev–Trinajstić information content (AvgIpc) is 3.09. The van der Waals surface area contributed by atoms with Crippen molar-refractivity contribution >= 4 is 5.97 Å². The van der Waals surface area contributed by atoms with Crippen molar-refractivity contribution in [3.8, 4) is 0 Å². The van der Waals surface area contributed by atoms with Crippen molar-refractivity contribution in [2.45, 2.75) is 51.2 Å². The van der Waals surface area contributed by atoms with Crippen molar-refractivity contribution in [2.75, 3.05) is 19.7 Å². The van der Waals surface area contributed by atoms with Gasteiger partial charge in [-0.1, -0.05) is 12.1 Å². The summed E-state index contributed by atoms with van der Waals surface area (Å²) in [5.41, 5.74) is 0. The molecule has 1 N–H and O–H groups in total. The normalized spacial score (nSPS) is 27.0. The minimum Gasteiger partial charge on any atom is -0.464 e. The number of esters is 1. The molecule has 0 aliphatic carbocycles. The molecule has 3 rings (SSSR count). The number of hydrogen-bond donors (Lipinski definition) is 1. The maximum absolute atomic E-state index is 11.5. The number of rotatable bonds is 5. The highest BCUT2D eigenvalue weighted by molar-refractivity contribution is 5.77. The van der Waals surface area contributed by atoms with Crippen LogP contribution in [0.3, 0.4) is 0 Å². The van der Waals surface area contributed by atoms with Crippen LogP contribution in [0.4, 0.5) is 0 Å². The molecule has 0 unspecified atom stereocenters. The fourth-order valence-corrected chi connectivity index (χ4v) is 2.96. The minimum atomic E-state index is -0.133. The summed E-state index contributed by atoms with van der Waals surface area (Å²) >= 11 is 0. The summed E-state index contributed by atoms with van der Waals surface area (Å²) in [6.45, 7) is 5.17. The van der Waals surface area contributed by atoms with Gasteiger partial charge in [-0.05, 0) is 19.4 Å². The van der Waals surface area contributed by atoms with Crippen LogP contribution in [-0.4, -0.2) is 52.8 Å². The predicted octanol–water partition coefficient (Wildman–Crippen LogP) is 0.502. The number of ether oxygens (including phenoxy) is 1. The quantitative estimate of drug-likeness (QED) is 0.792. The zero-order valence-electron chi connectivity index (χ0n) is 12.4. The molecule has 0 amide bonds. The van der Waals surface area contributed by atoms with Gasteiger partial charge in [0.2, 0.25) is 5.89 Å². The first-order chi connectivity index (χ1) is 10.2. The smallest absolute Gasteiger partial charge is 0.323 e. The minimum absolute atomic E-state index is 0.113. The topological polar surface area (TPSA) is 80.5 Å². The Labute approximate surface area is 124 Å². The van der Waals surface area contributed by atoms with Crippen LogP contribution in [0, 0.1) is 0 Å². The van der Waals surface area contributed by atoms with Gasteiger partial charge < -0.3 is 14.6 Å². The molecule has 2 fully saturated rings. The number of carbonyl (C=O) groups is 1. The van der Waals surface area contributed by atoms with E-state index in [4.69, 9.17) is 9.26 Å². The fraction of sp³-hybridized carbons (Fsp3) is 0.786. The molecular weight excluding hydrogens is 272 g/mol. The maximum Gasteiger partial charge on any atom is 0.323 e. The van der Waals surface area contributed by atoms with Crippen molar-refractivity contribution in [1.29, 1.82) is 0 Å². The van der Waals surface area contributed by atoms with Gasteiger partial charge >= 0.3 is 5.97 Å². The van der Waals surface area contributed by atoms with Crippen LogP contribution in [0.1, 0.15) is 37.9 Å². The molecule has 0 saturated carbocycles. The Morgan fingerprint density at radius 3 is 3.05 bits per heavy atom. The number of carbonyl (C=O) groups excluding carboxylic acids is 1. The van der Waals surface area contributed by atoms with Crippen LogP contribution in [0.2, 0.25) is 0 Å². The van der Waals surface area contributed by atoms with E-state index < -0.39 is 0 Å². The zero-order valence-corrected chi connectivity index (χ0v) is 12.4. The number of nitrogens with zero attached hydrogens (tertiary/aromatic N) is 3. The van der Waals surface area contributed by atoms with E-state index in [1.165, 1.54) is 0 Å². The Morgan fingerprint density at radius 2 is 2.33 bits per heavy atom. The standard InChI is InChI=1S/C14H22N4O3/c1-2-13-16-12(17-21-13)9-18-6-3-4-10(8-18)15-11-5-7-20-14(11)19/h10-11,15H,2-9H2,1H3/t10-,11+/m0/s1. The molecular formula is C14H22N4O3. The average molecular weight is 294 g/mol. The third-order valence-corrected chi connectivity index (χ3v) is 4.06. The molecule has 1 aromatic rings. The first-order valence-corrected chi connectivity index (χ1v) is 7.71. The Balaban J connectivity index is 1.51. The summed E-state index contributed by atoms with van der Waals surface area (Å²) in [7, 11) is 0. The van der Waals surface area contributed by atoms with Crippen molar-refractivity contribution in [1.82, 2.24) is 20.4 Å². The molecule has 116 valence electrons. The van der Waals surface area contributed by atoms with Crippen LogP contribution < -0.4 is 5.32 Å². The van der Waals surface area contributed by atoms with E-state index >= 15 is 0 Å². The molecule has 0 aromatic carbocycles. The molecule has 7 nitrogen and oxygen atoms in total. The van der Waals surface area contributed by atoms with Gasteiger partial charge in [0.15, 0.2) is 5.82 Å². The molecule has 2 aliphatic rings. The maximum atomic E-state index is 11.5. The van der Waals surface area contributed by atoms with E-state index in [0.29, 0.717) is 25.1 Å². The number of hydrogen-bond acceptors (Lipinski definition) is 7. The summed E-state index contributed by atoms with van der Waals surface area (Å²) in [6, 6.07) is 0.193. The lowest BCUT2D eigenvalue weighted by atomic mass is 10.0. The Bertz CT molecular complexity index is 490. The molecule has 3 heterocycles. The molecule has 2 aliphatic heterocycles. The van der Waals surface area contributed by atoms with Crippen molar-refractivity contribution < 1.29 is 14.1 Å². The van der Waals surface area contributed by atoms with Gasteiger partial charge in [0, 0.05) is 25.4 Å². The molecule has 21 heavy (non-hydrogen) atoms. The number of piperidine rings is 1. The molecule has 0 radical (unpaired) electrons. The van der Waals surface area contributed by atoms with Gasteiger partial charge in [-0.15, -0.1) is 0 Å². The summed E-state index contributed by atoms with van der Waals surface area (Å²) in [4.78, 5) is 18.2. The highest BCUT2D eigenvalue weighted by Crippen LogP contribution is 2.15. The first-order valence-electron chi connectivity index (χ1n) is 7.71. The lowest BCUT2D eigenvalue weighted by molar-refractivity contribution is -0.139. The monoisotopic (exact) mass is 294 g/mol. The SMILES string of the molecule is CCc1nc(CN2CCC[C@H](N[C@@H]3CCOC3=O)C2)no1. The van der Waals surface area contributed by atoms with Crippen molar-refractivity contribution in [2.24, 2.45) is 0 Å². The Kier molecular flexibility index (Phi) is 4.50. The number of likely N-dealkylation sites (tertiary alicyclic amines) is 1. The second-order valence-corrected chi connectivity index (χ2v) is 5.71. The van der Waals surface area contributed by atoms with Crippen LogP contribution in [0.25, 0.3) is 0 Å². The molecule has 7 heteroatoms. The summed E-state index contributed by atoms with van der Waals surface area (Å²) in [5, 5.41) is 7.42. The highest BCUT2D eigenvalue weighted by Gasteiger charge is 2.30. The highest BCUT2D eigenvalue weighted by atomic mass is 16.5. The first kappa shape index (κ1) is 14.5. The third kappa shape index (κ3) is 3.59. The second kappa shape index (κ2) is 6.53. The number of cyclic esters (lactones) is 1. The van der Waals surface area contributed by atoms with Gasteiger partial charge in [-0.2, -0.15) is 4.98 Å². The second-order valence-electron chi connectivity index (χ2n) is 5.71. The largest absolute Gasteiger partial charge is 0.464 e. The summed E-state index contributed by atoms with van der Waals surface area (Å²) < 4.78 is 10.1. The van der Waals surface area contributed by atoms with E-state index in [2.05, 4.69) is 20.4 Å². The Morgan fingerprint density at radius 1 is 1.43 bits per heavy atom. The van der Waals surface area contributed by atoms with Gasteiger partial charge in [0.1, 0.15) is 6.04 Å². The molecule has 1 aromatic heterocycles. The fourth-order valence-electron chi connectivity index (χ4n) is 2.96. The lowest BCUT2D eigenvalue weighted by Gasteiger charge is -2.33. The number of nitrogens with one attached hydrogen (secondary N) is 1. The summed E-state index contributed by atoms with van der Waals surface area (Å²) in [5.74, 6) is 1.32. The van der Waals surface area contributed by atoms with Crippen LogP contribution >= 0.6 is 0 Å². The van der Waals surface area contributed by atoms with Gasteiger partial charge in [0.25, 0.3) is 0 Å². The van der Waals surface area contributed by atoms with Gasteiger partial charge in [-0.25, -0.2) is 0 Å². The summed E-state index contributed by atoms with van der Waals surface area (Å²) in [6.07, 6.45) is 3.74.